The SMILES string of the molecule is CNS(=O)(=O)c1ccc(N)c(NCCc2ccco2)c1. The standard InChI is InChI=1S/C13H17N3O3S/c1-15-20(17,18)11-4-5-12(14)13(9-11)16-7-6-10-3-2-8-19-10/h2-5,8-9,15-16H,6-7,14H2,1H3. The van der Waals surface area contributed by atoms with Gasteiger partial charge in [-0.2, -0.15) is 0 Å². The number of benzene rings is 1. The molecule has 1 heterocycles. The van der Waals surface area contributed by atoms with Gasteiger partial charge in [-0.25, -0.2) is 13.1 Å². The van der Waals surface area contributed by atoms with Gasteiger partial charge >= 0.3 is 0 Å². The third-order valence-corrected chi connectivity index (χ3v) is 4.28. The van der Waals surface area contributed by atoms with Crippen molar-refractivity contribution >= 4 is 21.4 Å². The zero-order valence-electron chi connectivity index (χ0n) is 11.1. The van der Waals surface area contributed by atoms with Gasteiger partial charge in [-0.1, -0.05) is 0 Å². The summed E-state index contributed by atoms with van der Waals surface area (Å²) in [7, 11) is -2.10. The predicted octanol–water partition coefficient (Wildman–Crippen LogP) is 1.42. The average molecular weight is 295 g/mol. The molecule has 0 aliphatic heterocycles. The van der Waals surface area contributed by atoms with Crippen LogP contribution in [0.1, 0.15) is 5.76 Å². The van der Waals surface area contributed by atoms with Crippen LogP contribution in [0, 0.1) is 0 Å². The second-order valence-corrected chi connectivity index (χ2v) is 6.10. The van der Waals surface area contributed by atoms with Gasteiger partial charge < -0.3 is 15.5 Å². The minimum atomic E-state index is -3.47. The van der Waals surface area contributed by atoms with E-state index in [4.69, 9.17) is 10.2 Å². The minimum absolute atomic E-state index is 0.176. The average Bonchev–Trinajstić information content (AvgIpc) is 2.94. The monoisotopic (exact) mass is 295 g/mol. The van der Waals surface area contributed by atoms with Gasteiger partial charge in [0.25, 0.3) is 0 Å². The fourth-order valence-electron chi connectivity index (χ4n) is 1.75. The van der Waals surface area contributed by atoms with Gasteiger partial charge in [0, 0.05) is 13.0 Å². The number of hydrogen-bond acceptors (Lipinski definition) is 5. The number of anilines is 2. The van der Waals surface area contributed by atoms with Crippen molar-refractivity contribution in [2.75, 3.05) is 24.6 Å². The molecule has 4 N–H and O–H groups in total. The van der Waals surface area contributed by atoms with E-state index in [-0.39, 0.29) is 4.90 Å². The van der Waals surface area contributed by atoms with Crippen molar-refractivity contribution in [1.29, 1.82) is 0 Å². The molecule has 0 aliphatic rings. The molecule has 0 radical (unpaired) electrons. The molecule has 0 unspecified atom stereocenters. The Balaban J connectivity index is 2.09. The van der Waals surface area contributed by atoms with Gasteiger partial charge in [0.15, 0.2) is 0 Å². The van der Waals surface area contributed by atoms with Crippen LogP contribution < -0.4 is 15.8 Å². The summed E-state index contributed by atoms with van der Waals surface area (Å²) in [6, 6.07) is 8.26. The molecule has 0 saturated heterocycles. The van der Waals surface area contributed by atoms with Crippen molar-refractivity contribution in [2.24, 2.45) is 0 Å². The first-order valence-corrected chi connectivity index (χ1v) is 7.60. The molecule has 0 spiro atoms. The van der Waals surface area contributed by atoms with Crippen molar-refractivity contribution in [3.05, 3.63) is 42.4 Å². The van der Waals surface area contributed by atoms with E-state index in [1.54, 1.807) is 12.3 Å². The summed E-state index contributed by atoms with van der Waals surface area (Å²) in [5.74, 6) is 0.857. The van der Waals surface area contributed by atoms with E-state index < -0.39 is 10.0 Å². The first-order chi connectivity index (χ1) is 9.53. The number of furan rings is 1. The third-order valence-electron chi connectivity index (χ3n) is 2.87. The molecule has 0 amide bonds. The fourth-order valence-corrected chi connectivity index (χ4v) is 2.50. The van der Waals surface area contributed by atoms with E-state index in [1.165, 1.54) is 19.2 Å². The zero-order chi connectivity index (χ0) is 14.6. The summed E-state index contributed by atoms with van der Waals surface area (Å²) < 4.78 is 31.0. The molecule has 108 valence electrons. The fraction of sp³-hybridized carbons (Fsp3) is 0.231. The van der Waals surface area contributed by atoms with Crippen LogP contribution in [-0.4, -0.2) is 22.0 Å². The van der Waals surface area contributed by atoms with Gasteiger partial charge in [-0.15, -0.1) is 0 Å². The second-order valence-electron chi connectivity index (χ2n) is 4.21. The molecule has 1 aromatic carbocycles. The summed E-state index contributed by atoms with van der Waals surface area (Å²) in [6.45, 7) is 0.598. The van der Waals surface area contributed by atoms with Crippen LogP contribution in [0.15, 0.2) is 45.9 Å². The van der Waals surface area contributed by atoms with E-state index in [0.717, 1.165) is 5.76 Å². The van der Waals surface area contributed by atoms with Crippen LogP contribution in [-0.2, 0) is 16.4 Å². The third kappa shape index (κ3) is 3.31. The first-order valence-electron chi connectivity index (χ1n) is 6.12. The van der Waals surface area contributed by atoms with Gasteiger partial charge in [0.05, 0.1) is 22.5 Å². The molecule has 0 bridgehead atoms. The predicted molar refractivity (Wildman–Crippen MR) is 78.0 cm³/mol. The van der Waals surface area contributed by atoms with Crippen LogP contribution in [0.3, 0.4) is 0 Å². The van der Waals surface area contributed by atoms with Crippen LogP contribution in [0.25, 0.3) is 0 Å². The highest BCUT2D eigenvalue weighted by atomic mass is 32.2. The molecule has 6 nitrogen and oxygen atoms in total. The van der Waals surface area contributed by atoms with Gasteiger partial charge in [-0.3, -0.25) is 0 Å². The maximum atomic E-state index is 11.7. The van der Waals surface area contributed by atoms with Crippen molar-refractivity contribution in [3.8, 4) is 0 Å². The largest absolute Gasteiger partial charge is 0.469 e. The lowest BCUT2D eigenvalue weighted by molar-refractivity contribution is 0.513. The molecule has 20 heavy (non-hydrogen) atoms. The van der Waals surface area contributed by atoms with E-state index in [0.29, 0.717) is 24.3 Å². The smallest absolute Gasteiger partial charge is 0.240 e. The number of nitrogens with two attached hydrogens (primary N) is 1. The topological polar surface area (TPSA) is 97.4 Å². The Morgan fingerprint density at radius 1 is 1.30 bits per heavy atom. The van der Waals surface area contributed by atoms with E-state index >= 15 is 0 Å². The Bertz CT molecular complexity index is 666. The Hall–Kier alpha value is -1.99. The van der Waals surface area contributed by atoms with E-state index in [2.05, 4.69) is 10.0 Å². The number of rotatable bonds is 6. The molecule has 1 aromatic heterocycles. The number of nitrogens with one attached hydrogen (secondary N) is 2. The lowest BCUT2D eigenvalue weighted by Gasteiger charge is -2.11. The van der Waals surface area contributed by atoms with Gasteiger partial charge in [-0.05, 0) is 37.4 Å². The molecule has 0 saturated carbocycles. The van der Waals surface area contributed by atoms with Gasteiger partial charge in [0.1, 0.15) is 5.76 Å². The van der Waals surface area contributed by atoms with Crippen LogP contribution in [0.4, 0.5) is 11.4 Å². The highest BCUT2D eigenvalue weighted by Crippen LogP contribution is 2.22. The zero-order valence-corrected chi connectivity index (χ0v) is 11.9. The Morgan fingerprint density at radius 2 is 2.10 bits per heavy atom. The molecular formula is C13H17N3O3S. The van der Waals surface area contributed by atoms with Crippen molar-refractivity contribution in [3.63, 3.8) is 0 Å². The summed E-state index contributed by atoms with van der Waals surface area (Å²) in [5.41, 5.74) is 6.92. The number of hydrogen-bond donors (Lipinski definition) is 3. The van der Waals surface area contributed by atoms with Crippen molar-refractivity contribution in [2.45, 2.75) is 11.3 Å². The Morgan fingerprint density at radius 3 is 2.75 bits per heavy atom. The maximum Gasteiger partial charge on any atom is 0.240 e. The quantitative estimate of drug-likeness (QED) is 0.700. The van der Waals surface area contributed by atoms with Crippen molar-refractivity contribution < 1.29 is 12.8 Å². The molecule has 2 rings (SSSR count). The van der Waals surface area contributed by atoms with E-state index in [9.17, 15) is 8.42 Å². The normalized spacial score (nSPS) is 11.4. The molecule has 0 fully saturated rings. The Kier molecular flexibility index (Phi) is 4.31. The second kappa shape index (κ2) is 5.98. The van der Waals surface area contributed by atoms with Crippen LogP contribution in [0.5, 0.6) is 0 Å². The molecule has 0 aliphatic carbocycles. The highest BCUT2D eigenvalue weighted by Gasteiger charge is 2.13. The van der Waals surface area contributed by atoms with Crippen LogP contribution in [0.2, 0.25) is 0 Å². The number of sulfonamides is 1. The maximum absolute atomic E-state index is 11.7. The minimum Gasteiger partial charge on any atom is -0.469 e. The summed E-state index contributed by atoms with van der Waals surface area (Å²) >= 11 is 0. The molecular weight excluding hydrogens is 278 g/mol. The first kappa shape index (κ1) is 14.4. The summed E-state index contributed by atoms with van der Waals surface area (Å²) in [5, 5.41) is 3.11. The molecule has 2 aromatic rings. The van der Waals surface area contributed by atoms with E-state index in [1.807, 2.05) is 12.1 Å². The lowest BCUT2D eigenvalue weighted by atomic mass is 10.2. The van der Waals surface area contributed by atoms with Gasteiger partial charge in [0.2, 0.25) is 10.0 Å². The summed E-state index contributed by atoms with van der Waals surface area (Å²) in [6.07, 6.45) is 2.30. The highest BCUT2D eigenvalue weighted by molar-refractivity contribution is 7.89. The summed E-state index contributed by atoms with van der Waals surface area (Å²) in [4.78, 5) is 0.176. The lowest BCUT2D eigenvalue weighted by Crippen LogP contribution is -2.19. The Labute approximate surface area is 118 Å². The number of nitrogen functional groups attached to an aromatic ring is 1. The molecule has 0 atom stereocenters. The van der Waals surface area contributed by atoms with Crippen LogP contribution >= 0.6 is 0 Å². The molecule has 7 heteroatoms. The van der Waals surface area contributed by atoms with Crippen molar-refractivity contribution in [1.82, 2.24) is 4.72 Å².